The van der Waals surface area contributed by atoms with Gasteiger partial charge in [-0.25, -0.2) is 0 Å². The first-order chi connectivity index (χ1) is 10.2. The van der Waals surface area contributed by atoms with Crippen molar-refractivity contribution in [3.05, 3.63) is 30.1 Å². The molecule has 0 radical (unpaired) electrons. The van der Waals surface area contributed by atoms with Crippen LogP contribution >= 0.6 is 0 Å². The number of carbonyl (C=O) groups excluding carboxylic acids is 1. The number of carbonyl (C=O) groups is 1. The van der Waals surface area contributed by atoms with Crippen molar-refractivity contribution in [2.45, 2.75) is 33.2 Å². The molecule has 1 fully saturated rings. The molecule has 5 heteroatoms. The Hall–Kier alpha value is -1.62. The predicted octanol–water partition coefficient (Wildman–Crippen LogP) is 2.27. The van der Waals surface area contributed by atoms with Crippen molar-refractivity contribution in [1.82, 2.24) is 14.7 Å². The van der Waals surface area contributed by atoms with E-state index in [1.807, 2.05) is 29.5 Å². The molecule has 0 aliphatic carbocycles. The molecule has 116 valence electrons. The minimum absolute atomic E-state index is 0.0516. The van der Waals surface area contributed by atoms with Crippen molar-refractivity contribution >= 4 is 5.91 Å². The van der Waals surface area contributed by atoms with Gasteiger partial charge in [0.05, 0.1) is 6.61 Å². The molecule has 0 N–H and O–H groups in total. The fourth-order valence-electron chi connectivity index (χ4n) is 2.72. The number of ether oxygens (including phenoxy) is 1. The Labute approximate surface area is 126 Å². The van der Waals surface area contributed by atoms with Crippen molar-refractivity contribution in [2.75, 3.05) is 26.3 Å². The Bertz CT molecular complexity index is 488. The molecule has 2 rings (SSSR count). The van der Waals surface area contributed by atoms with Crippen molar-refractivity contribution in [3.8, 4) is 0 Å². The van der Waals surface area contributed by atoms with Gasteiger partial charge in [0.15, 0.2) is 5.69 Å². The normalized spacial score (nSPS) is 16.2. The lowest BCUT2D eigenvalue weighted by Crippen LogP contribution is -2.39. The quantitative estimate of drug-likeness (QED) is 0.596. The zero-order valence-electron chi connectivity index (χ0n) is 13.0. The molecule has 0 atom stereocenters. The van der Waals surface area contributed by atoms with Gasteiger partial charge in [0.1, 0.15) is 0 Å². The van der Waals surface area contributed by atoms with Crippen LogP contribution in [0.5, 0.6) is 0 Å². The van der Waals surface area contributed by atoms with Gasteiger partial charge in [-0.3, -0.25) is 9.48 Å². The molecule has 1 aliphatic heterocycles. The maximum absolute atomic E-state index is 12.5. The summed E-state index contributed by atoms with van der Waals surface area (Å²) in [6.07, 6.45) is 3.76. The van der Waals surface area contributed by atoms with Gasteiger partial charge >= 0.3 is 0 Å². The number of hydrogen-bond donors (Lipinski definition) is 0. The van der Waals surface area contributed by atoms with Crippen LogP contribution in [-0.4, -0.2) is 46.9 Å². The molecular formula is C16H25N3O2. The molecule has 2 heterocycles. The van der Waals surface area contributed by atoms with E-state index in [2.05, 4.69) is 11.7 Å². The van der Waals surface area contributed by atoms with Crippen molar-refractivity contribution in [1.29, 1.82) is 0 Å². The SMILES string of the molecule is C=CCOCC1CCN(C(=O)c2cc(C)n(CC)n2)CC1. The standard InChI is InChI=1S/C16H25N3O2/c1-4-10-21-12-14-6-8-18(9-7-14)16(20)15-11-13(3)19(5-2)17-15/h4,11,14H,1,5-10,12H2,2-3H3. The van der Waals surface area contributed by atoms with E-state index in [0.717, 1.165) is 44.8 Å². The average molecular weight is 291 g/mol. The lowest BCUT2D eigenvalue weighted by atomic mass is 9.97. The van der Waals surface area contributed by atoms with Gasteiger partial charge in [0, 0.05) is 31.9 Å². The van der Waals surface area contributed by atoms with E-state index in [-0.39, 0.29) is 5.91 Å². The van der Waals surface area contributed by atoms with E-state index in [1.165, 1.54) is 0 Å². The molecule has 0 aromatic carbocycles. The molecule has 1 saturated heterocycles. The number of piperidine rings is 1. The van der Waals surface area contributed by atoms with Crippen LogP contribution in [0.15, 0.2) is 18.7 Å². The number of hydrogen-bond acceptors (Lipinski definition) is 3. The Morgan fingerprint density at radius 2 is 2.24 bits per heavy atom. The largest absolute Gasteiger partial charge is 0.377 e. The van der Waals surface area contributed by atoms with E-state index in [1.54, 1.807) is 6.08 Å². The minimum atomic E-state index is 0.0516. The lowest BCUT2D eigenvalue weighted by Gasteiger charge is -2.31. The first-order valence-electron chi connectivity index (χ1n) is 7.68. The van der Waals surface area contributed by atoms with E-state index in [0.29, 0.717) is 18.2 Å². The highest BCUT2D eigenvalue weighted by molar-refractivity contribution is 5.92. The number of aryl methyl sites for hydroxylation is 2. The van der Waals surface area contributed by atoms with Crippen molar-refractivity contribution in [2.24, 2.45) is 5.92 Å². The monoisotopic (exact) mass is 291 g/mol. The summed E-state index contributed by atoms with van der Waals surface area (Å²) in [6, 6.07) is 1.88. The lowest BCUT2D eigenvalue weighted by molar-refractivity contribution is 0.0570. The number of nitrogens with zero attached hydrogens (tertiary/aromatic N) is 3. The number of likely N-dealkylation sites (tertiary alicyclic amines) is 1. The van der Waals surface area contributed by atoms with Crippen LogP contribution in [0.1, 0.15) is 35.9 Å². The molecule has 1 amide bonds. The van der Waals surface area contributed by atoms with E-state index < -0.39 is 0 Å². The summed E-state index contributed by atoms with van der Waals surface area (Å²) in [4.78, 5) is 14.4. The molecule has 0 spiro atoms. The van der Waals surface area contributed by atoms with Crippen LogP contribution in [0.4, 0.5) is 0 Å². The second-order valence-corrected chi connectivity index (χ2v) is 5.55. The highest BCUT2D eigenvalue weighted by Gasteiger charge is 2.25. The number of amides is 1. The second kappa shape index (κ2) is 7.41. The van der Waals surface area contributed by atoms with Gasteiger partial charge in [0.2, 0.25) is 0 Å². The first-order valence-corrected chi connectivity index (χ1v) is 7.68. The molecule has 1 aromatic heterocycles. The zero-order valence-corrected chi connectivity index (χ0v) is 13.0. The molecule has 1 aromatic rings. The Kier molecular flexibility index (Phi) is 5.56. The maximum Gasteiger partial charge on any atom is 0.274 e. The predicted molar refractivity (Wildman–Crippen MR) is 82.3 cm³/mol. The third-order valence-electron chi connectivity index (χ3n) is 3.99. The number of rotatable bonds is 6. The average Bonchev–Trinajstić information content (AvgIpc) is 2.88. The van der Waals surface area contributed by atoms with Gasteiger partial charge in [-0.15, -0.1) is 6.58 Å². The topological polar surface area (TPSA) is 47.4 Å². The molecule has 1 aliphatic rings. The summed E-state index contributed by atoms with van der Waals surface area (Å²) in [7, 11) is 0. The van der Waals surface area contributed by atoms with Gasteiger partial charge < -0.3 is 9.64 Å². The van der Waals surface area contributed by atoms with Crippen molar-refractivity contribution < 1.29 is 9.53 Å². The summed E-state index contributed by atoms with van der Waals surface area (Å²) in [5, 5.41) is 4.37. The van der Waals surface area contributed by atoms with Gasteiger partial charge in [-0.2, -0.15) is 5.10 Å². The van der Waals surface area contributed by atoms with Crippen LogP contribution < -0.4 is 0 Å². The smallest absolute Gasteiger partial charge is 0.274 e. The summed E-state index contributed by atoms with van der Waals surface area (Å²) < 4.78 is 7.36. The highest BCUT2D eigenvalue weighted by Crippen LogP contribution is 2.19. The van der Waals surface area contributed by atoms with E-state index >= 15 is 0 Å². The second-order valence-electron chi connectivity index (χ2n) is 5.55. The van der Waals surface area contributed by atoms with Gasteiger partial charge in [-0.05, 0) is 38.7 Å². The van der Waals surface area contributed by atoms with Gasteiger partial charge in [-0.1, -0.05) is 6.08 Å². The highest BCUT2D eigenvalue weighted by atomic mass is 16.5. The molecule has 5 nitrogen and oxygen atoms in total. The molecule has 0 unspecified atom stereocenters. The molecule has 0 bridgehead atoms. The Morgan fingerprint density at radius 1 is 1.52 bits per heavy atom. The van der Waals surface area contributed by atoms with Crippen LogP contribution in [0.25, 0.3) is 0 Å². The van der Waals surface area contributed by atoms with Crippen LogP contribution in [0.2, 0.25) is 0 Å². The summed E-state index contributed by atoms with van der Waals surface area (Å²) in [6.45, 7) is 11.4. The van der Waals surface area contributed by atoms with E-state index in [4.69, 9.17) is 4.74 Å². The summed E-state index contributed by atoms with van der Waals surface area (Å²) in [5.74, 6) is 0.597. The fourth-order valence-corrected chi connectivity index (χ4v) is 2.72. The van der Waals surface area contributed by atoms with Crippen LogP contribution in [-0.2, 0) is 11.3 Å². The molecule has 0 saturated carbocycles. The van der Waals surface area contributed by atoms with Gasteiger partial charge in [0.25, 0.3) is 5.91 Å². The van der Waals surface area contributed by atoms with Crippen LogP contribution in [0.3, 0.4) is 0 Å². The third-order valence-corrected chi connectivity index (χ3v) is 3.99. The maximum atomic E-state index is 12.5. The minimum Gasteiger partial charge on any atom is -0.377 e. The summed E-state index contributed by atoms with van der Waals surface area (Å²) in [5.41, 5.74) is 1.60. The fraction of sp³-hybridized carbons (Fsp3) is 0.625. The molecule has 21 heavy (non-hydrogen) atoms. The Balaban J connectivity index is 1.86. The summed E-state index contributed by atoms with van der Waals surface area (Å²) >= 11 is 0. The molecular weight excluding hydrogens is 266 g/mol. The number of aromatic nitrogens is 2. The van der Waals surface area contributed by atoms with E-state index in [9.17, 15) is 4.79 Å². The first kappa shape index (κ1) is 15.8. The third kappa shape index (κ3) is 3.94. The van der Waals surface area contributed by atoms with Crippen molar-refractivity contribution in [3.63, 3.8) is 0 Å². The van der Waals surface area contributed by atoms with Crippen LogP contribution in [0, 0.1) is 12.8 Å². The Morgan fingerprint density at radius 3 is 2.81 bits per heavy atom. The zero-order chi connectivity index (χ0) is 15.2.